The number of fused-ring (bicyclic) bond motifs is 1. The number of aromatic nitrogens is 1. The number of rotatable bonds is 5. The Hall–Kier alpha value is -4.88. The minimum absolute atomic E-state index is 0.202. The zero-order valence-corrected chi connectivity index (χ0v) is 19.6. The van der Waals surface area contributed by atoms with Gasteiger partial charge in [0.05, 0.1) is 12.1 Å². The average Bonchev–Trinajstić information content (AvgIpc) is 2.84. The van der Waals surface area contributed by atoms with Gasteiger partial charge in [-0.25, -0.2) is 14.4 Å². The number of hydrogen-bond acceptors (Lipinski definition) is 6. The normalized spacial score (nSPS) is 16.9. The van der Waals surface area contributed by atoms with Crippen LogP contribution in [0.5, 0.6) is 5.75 Å². The number of hydrogen-bond donors (Lipinski definition) is 5. The molecular formula is C24H21F3N4O7. The predicted octanol–water partition coefficient (Wildman–Crippen LogP) is 3.06. The number of halogens is 3. The molecule has 5 N–H and O–H groups in total. The van der Waals surface area contributed by atoms with Crippen LogP contribution in [0.4, 0.5) is 22.8 Å². The van der Waals surface area contributed by atoms with Crippen molar-refractivity contribution in [3.63, 3.8) is 0 Å². The van der Waals surface area contributed by atoms with Crippen molar-refractivity contribution >= 4 is 34.9 Å². The molecule has 2 aromatic carbocycles. The van der Waals surface area contributed by atoms with Gasteiger partial charge >= 0.3 is 24.3 Å². The molecule has 0 radical (unpaired) electrons. The van der Waals surface area contributed by atoms with Crippen molar-refractivity contribution in [2.45, 2.75) is 25.2 Å². The second-order valence-corrected chi connectivity index (χ2v) is 8.03. The number of nitrogens with zero attached hydrogens (tertiary/aromatic N) is 1. The summed E-state index contributed by atoms with van der Waals surface area (Å²) in [6, 6.07) is 15.6. The zero-order valence-electron chi connectivity index (χ0n) is 19.6. The van der Waals surface area contributed by atoms with Gasteiger partial charge in [0, 0.05) is 16.6 Å². The highest BCUT2D eigenvalue weighted by Crippen LogP contribution is 2.27. The monoisotopic (exact) mass is 534 g/mol. The Bertz CT molecular complexity index is 1380. The number of benzene rings is 2. The van der Waals surface area contributed by atoms with Crippen LogP contribution in [0.3, 0.4) is 0 Å². The zero-order chi connectivity index (χ0) is 28.1. The first-order chi connectivity index (χ1) is 17.8. The second-order valence-electron chi connectivity index (χ2n) is 8.03. The molecule has 1 fully saturated rings. The molecule has 14 heteroatoms. The van der Waals surface area contributed by atoms with E-state index in [0.29, 0.717) is 17.9 Å². The predicted molar refractivity (Wildman–Crippen MR) is 125 cm³/mol. The molecule has 0 spiro atoms. The summed E-state index contributed by atoms with van der Waals surface area (Å²) in [4.78, 5) is 48.6. The summed E-state index contributed by atoms with van der Waals surface area (Å²) in [7, 11) is 0. The Labute approximate surface area is 212 Å². The largest absolute Gasteiger partial charge is 0.490 e. The van der Waals surface area contributed by atoms with Crippen LogP contribution in [0.1, 0.15) is 16.8 Å². The fourth-order valence-electron chi connectivity index (χ4n) is 3.65. The Morgan fingerprint density at radius 2 is 1.74 bits per heavy atom. The van der Waals surface area contributed by atoms with Gasteiger partial charge in [0.15, 0.2) is 5.54 Å². The molecule has 0 unspecified atom stereocenters. The molecule has 3 aromatic rings. The van der Waals surface area contributed by atoms with Crippen molar-refractivity contribution in [3.8, 4) is 5.75 Å². The molecule has 1 aliphatic rings. The van der Waals surface area contributed by atoms with E-state index in [4.69, 9.17) is 14.6 Å². The van der Waals surface area contributed by atoms with Crippen LogP contribution in [-0.4, -0.2) is 51.9 Å². The van der Waals surface area contributed by atoms with E-state index in [0.717, 1.165) is 22.2 Å². The van der Waals surface area contributed by atoms with Crippen LogP contribution in [0, 0.1) is 6.92 Å². The van der Waals surface area contributed by atoms with Gasteiger partial charge in [-0.15, -0.1) is 0 Å². The van der Waals surface area contributed by atoms with Gasteiger partial charge < -0.3 is 25.6 Å². The molecule has 38 heavy (non-hydrogen) atoms. The summed E-state index contributed by atoms with van der Waals surface area (Å²) >= 11 is 0. The van der Waals surface area contributed by atoms with Gasteiger partial charge in [-0.1, -0.05) is 30.3 Å². The van der Waals surface area contributed by atoms with E-state index in [9.17, 15) is 32.7 Å². The van der Waals surface area contributed by atoms with Crippen LogP contribution in [-0.2, 0) is 21.7 Å². The maximum atomic E-state index is 12.5. The maximum absolute atomic E-state index is 12.5. The number of aryl methyl sites for hydroxylation is 1. The molecular weight excluding hydrogens is 513 g/mol. The Morgan fingerprint density at radius 3 is 2.32 bits per heavy atom. The topological polar surface area (TPSA) is 167 Å². The summed E-state index contributed by atoms with van der Waals surface area (Å²) in [5, 5.41) is 24.1. The fraction of sp³-hybridized carbons (Fsp3) is 0.208. The lowest BCUT2D eigenvalue weighted by Crippen LogP contribution is -2.67. The summed E-state index contributed by atoms with van der Waals surface area (Å²) in [6.07, 6.45) is -6.47. The van der Waals surface area contributed by atoms with Crippen molar-refractivity contribution in [2.24, 2.45) is 0 Å². The third-order valence-corrected chi connectivity index (χ3v) is 5.36. The Kier molecular flexibility index (Phi) is 8.04. The van der Waals surface area contributed by atoms with Gasteiger partial charge in [0.1, 0.15) is 12.4 Å². The summed E-state index contributed by atoms with van der Waals surface area (Å²) < 4.78 is 37.7. The molecule has 1 aromatic heterocycles. The summed E-state index contributed by atoms with van der Waals surface area (Å²) in [6.45, 7) is 2.04. The number of imide groups is 1. The van der Waals surface area contributed by atoms with Crippen molar-refractivity contribution in [1.82, 2.24) is 20.9 Å². The number of nitrogens with one attached hydrogen (secondary N) is 3. The summed E-state index contributed by atoms with van der Waals surface area (Å²) in [5.74, 6) is -2.95. The molecule has 4 amide bonds. The van der Waals surface area contributed by atoms with Crippen LogP contribution in [0.2, 0.25) is 0 Å². The Morgan fingerprint density at radius 1 is 1.11 bits per heavy atom. The van der Waals surface area contributed by atoms with E-state index in [1.165, 1.54) is 0 Å². The van der Waals surface area contributed by atoms with E-state index < -0.39 is 35.7 Å². The number of aliphatic carboxylic acids is 1. The van der Waals surface area contributed by atoms with Crippen LogP contribution < -0.4 is 20.7 Å². The SMILES string of the molecule is Cc1cc(COc2ccc([C@]3(NC(=O)O)CNC(=O)NC3=O)cc2)c2ccccc2n1.O=C(O)C(F)(F)F. The van der Waals surface area contributed by atoms with Gasteiger partial charge in [0.2, 0.25) is 0 Å². The number of pyridine rings is 1. The molecule has 0 saturated carbocycles. The van der Waals surface area contributed by atoms with E-state index in [-0.39, 0.29) is 6.54 Å². The van der Waals surface area contributed by atoms with Crippen LogP contribution in [0.25, 0.3) is 10.9 Å². The number of carboxylic acid groups (broad SMARTS) is 2. The van der Waals surface area contributed by atoms with Gasteiger partial charge in [-0.3, -0.25) is 15.1 Å². The summed E-state index contributed by atoms with van der Waals surface area (Å²) in [5.41, 5.74) is 1.52. The number of ether oxygens (including phenoxy) is 1. The lowest BCUT2D eigenvalue weighted by atomic mass is 9.87. The minimum atomic E-state index is -5.08. The van der Waals surface area contributed by atoms with Crippen molar-refractivity contribution < 1.29 is 47.3 Å². The van der Waals surface area contributed by atoms with E-state index in [1.54, 1.807) is 24.3 Å². The molecule has 11 nitrogen and oxygen atoms in total. The standard InChI is InChI=1S/C22H20N4O5.C2HF3O2/c1-13-10-14(17-4-2-3-5-18(17)24-13)11-31-16-8-6-15(7-9-16)22(26-21(29)30)12-23-20(28)25-19(22)27;3-2(4,5)1(6)7/h2-10,26H,11-12H2,1H3,(H,29,30)(H2,23,25,27,28);(H,6,7)/t22-;/m1./s1. The molecule has 0 bridgehead atoms. The quantitative estimate of drug-likeness (QED) is 0.333. The highest BCUT2D eigenvalue weighted by atomic mass is 19.4. The number of para-hydroxylation sites is 1. The maximum Gasteiger partial charge on any atom is 0.490 e. The van der Waals surface area contributed by atoms with Gasteiger partial charge in [-0.2, -0.15) is 13.2 Å². The van der Waals surface area contributed by atoms with Crippen molar-refractivity contribution in [2.75, 3.05) is 6.54 Å². The number of carbonyl (C=O) groups excluding carboxylic acids is 2. The van der Waals surface area contributed by atoms with Crippen molar-refractivity contribution in [3.05, 3.63) is 71.4 Å². The molecule has 2 heterocycles. The number of alkyl halides is 3. The molecule has 4 rings (SSSR count). The number of amides is 4. The van der Waals surface area contributed by atoms with Gasteiger partial charge in [-0.05, 0) is 36.8 Å². The second kappa shape index (κ2) is 11.0. The number of carbonyl (C=O) groups is 4. The van der Waals surface area contributed by atoms with Gasteiger partial charge in [0.25, 0.3) is 5.91 Å². The lowest BCUT2D eigenvalue weighted by Gasteiger charge is -2.35. The number of urea groups is 1. The van der Waals surface area contributed by atoms with Crippen molar-refractivity contribution in [1.29, 1.82) is 0 Å². The van der Waals surface area contributed by atoms with E-state index >= 15 is 0 Å². The molecule has 1 atom stereocenters. The molecule has 1 saturated heterocycles. The first-order valence-electron chi connectivity index (χ1n) is 10.8. The minimum Gasteiger partial charge on any atom is -0.489 e. The third-order valence-electron chi connectivity index (χ3n) is 5.36. The van der Waals surface area contributed by atoms with E-state index in [1.807, 2.05) is 37.3 Å². The Balaban J connectivity index is 0.000000505. The smallest absolute Gasteiger partial charge is 0.489 e. The number of carboxylic acids is 1. The van der Waals surface area contributed by atoms with Crippen LogP contribution >= 0.6 is 0 Å². The molecule has 1 aliphatic heterocycles. The third kappa shape index (κ3) is 6.46. The first kappa shape index (κ1) is 27.7. The van der Waals surface area contributed by atoms with Crippen LogP contribution in [0.15, 0.2) is 54.6 Å². The molecule has 0 aliphatic carbocycles. The van der Waals surface area contributed by atoms with E-state index in [2.05, 4.69) is 20.9 Å². The lowest BCUT2D eigenvalue weighted by molar-refractivity contribution is -0.192. The molecule has 200 valence electrons. The average molecular weight is 534 g/mol. The first-order valence-corrected chi connectivity index (χ1v) is 10.8. The fourth-order valence-corrected chi connectivity index (χ4v) is 3.65. The highest BCUT2D eigenvalue weighted by molar-refractivity contribution is 6.04. The highest BCUT2D eigenvalue weighted by Gasteiger charge is 2.46.